The maximum absolute atomic E-state index is 13.7. The molecule has 112 valence electrons. The third kappa shape index (κ3) is 2.63. The van der Waals surface area contributed by atoms with Gasteiger partial charge in [0.25, 0.3) is 5.91 Å². The van der Waals surface area contributed by atoms with Crippen LogP contribution in [0.15, 0.2) is 18.5 Å². The Hall–Kier alpha value is -1.95. The lowest BCUT2D eigenvalue weighted by Gasteiger charge is -2.35. The fourth-order valence-electron chi connectivity index (χ4n) is 3.05. The zero-order valence-electron chi connectivity index (χ0n) is 11.7. The van der Waals surface area contributed by atoms with Crippen molar-refractivity contribution in [2.75, 3.05) is 13.2 Å². The highest BCUT2D eigenvalue weighted by molar-refractivity contribution is 6.05. The predicted octanol–water partition coefficient (Wildman–Crippen LogP) is 2.08. The number of carbonyl (C=O) groups excluding carboxylic acids is 1. The third-order valence-electron chi connectivity index (χ3n) is 4.07. The molecule has 1 saturated heterocycles. The molecule has 3 rings (SSSR count). The molecule has 1 aliphatic heterocycles. The second-order valence-electron chi connectivity index (χ2n) is 5.41. The van der Waals surface area contributed by atoms with Crippen LogP contribution in [0.1, 0.15) is 36.0 Å². The van der Waals surface area contributed by atoms with Gasteiger partial charge in [-0.25, -0.2) is 9.37 Å². The highest BCUT2D eigenvalue weighted by Crippen LogP contribution is 2.25. The Morgan fingerprint density at radius 3 is 3.14 bits per heavy atom. The maximum Gasteiger partial charge on any atom is 0.256 e. The SMILES string of the molecule is O=C(c1cc(F)cc2[nH]cnc12)N1CCCCC1CCO. The van der Waals surface area contributed by atoms with Crippen molar-refractivity contribution >= 4 is 16.9 Å². The number of H-pyrrole nitrogens is 1. The van der Waals surface area contributed by atoms with Crippen LogP contribution >= 0.6 is 0 Å². The number of benzene rings is 1. The van der Waals surface area contributed by atoms with E-state index < -0.39 is 5.82 Å². The second kappa shape index (κ2) is 5.81. The van der Waals surface area contributed by atoms with Crippen LogP contribution in [0.4, 0.5) is 4.39 Å². The fourth-order valence-corrected chi connectivity index (χ4v) is 3.05. The lowest BCUT2D eigenvalue weighted by molar-refractivity contribution is 0.0576. The van der Waals surface area contributed by atoms with Crippen molar-refractivity contribution in [3.8, 4) is 0 Å². The third-order valence-corrected chi connectivity index (χ3v) is 4.07. The molecule has 2 aromatic rings. The van der Waals surface area contributed by atoms with Crippen LogP contribution in [-0.4, -0.2) is 45.1 Å². The molecule has 5 nitrogen and oxygen atoms in total. The zero-order chi connectivity index (χ0) is 14.8. The van der Waals surface area contributed by atoms with Gasteiger partial charge in [-0.05, 0) is 37.8 Å². The first-order valence-corrected chi connectivity index (χ1v) is 7.25. The summed E-state index contributed by atoms with van der Waals surface area (Å²) in [5.41, 5.74) is 1.31. The Labute approximate surface area is 121 Å². The van der Waals surface area contributed by atoms with Crippen LogP contribution < -0.4 is 0 Å². The molecule has 21 heavy (non-hydrogen) atoms. The van der Waals surface area contributed by atoms with Gasteiger partial charge in [0.05, 0.1) is 17.4 Å². The molecule has 1 aromatic heterocycles. The van der Waals surface area contributed by atoms with Gasteiger partial charge >= 0.3 is 0 Å². The fraction of sp³-hybridized carbons (Fsp3) is 0.467. The van der Waals surface area contributed by atoms with E-state index in [9.17, 15) is 9.18 Å². The van der Waals surface area contributed by atoms with E-state index in [1.54, 1.807) is 4.90 Å². The molecule has 1 aliphatic rings. The summed E-state index contributed by atoms with van der Waals surface area (Å²) in [5, 5.41) is 9.16. The first kappa shape index (κ1) is 14.0. The number of likely N-dealkylation sites (tertiary alicyclic amines) is 1. The molecule has 2 heterocycles. The number of aliphatic hydroxyl groups is 1. The number of aromatic amines is 1. The number of aromatic nitrogens is 2. The van der Waals surface area contributed by atoms with Gasteiger partial charge in [0.2, 0.25) is 0 Å². The summed E-state index contributed by atoms with van der Waals surface area (Å²) in [6, 6.07) is 2.60. The smallest absolute Gasteiger partial charge is 0.256 e. The molecule has 1 amide bonds. The van der Waals surface area contributed by atoms with Gasteiger partial charge in [0.15, 0.2) is 0 Å². The largest absolute Gasteiger partial charge is 0.396 e. The van der Waals surface area contributed by atoms with E-state index in [2.05, 4.69) is 9.97 Å². The van der Waals surface area contributed by atoms with E-state index in [-0.39, 0.29) is 24.1 Å². The Bertz CT molecular complexity index is 653. The number of nitrogens with one attached hydrogen (secondary N) is 1. The summed E-state index contributed by atoms with van der Waals surface area (Å²) in [4.78, 5) is 21.5. The average Bonchev–Trinajstić information content (AvgIpc) is 2.94. The zero-order valence-corrected chi connectivity index (χ0v) is 11.7. The molecule has 1 aromatic carbocycles. The number of amides is 1. The summed E-state index contributed by atoms with van der Waals surface area (Å²) >= 11 is 0. The second-order valence-corrected chi connectivity index (χ2v) is 5.41. The van der Waals surface area contributed by atoms with Crippen molar-refractivity contribution in [3.05, 3.63) is 29.8 Å². The van der Waals surface area contributed by atoms with Crippen molar-refractivity contribution in [3.63, 3.8) is 0 Å². The van der Waals surface area contributed by atoms with Crippen LogP contribution in [0.2, 0.25) is 0 Å². The highest BCUT2D eigenvalue weighted by atomic mass is 19.1. The molecule has 1 fully saturated rings. The van der Waals surface area contributed by atoms with Gasteiger partial charge in [0, 0.05) is 19.2 Å². The number of halogens is 1. The number of nitrogens with zero attached hydrogens (tertiary/aromatic N) is 2. The van der Waals surface area contributed by atoms with Crippen LogP contribution in [0, 0.1) is 5.82 Å². The topological polar surface area (TPSA) is 69.2 Å². The van der Waals surface area contributed by atoms with E-state index in [0.29, 0.717) is 24.0 Å². The molecule has 0 aliphatic carbocycles. The minimum atomic E-state index is -0.453. The summed E-state index contributed by atoms with van der Waals surface area (Å²) in [6.07, 6.45) is 4.89. The molecule has 0 radical (unpaired) electrons. The Morgan fingerprint density at radius 2 is 2.33 bits per heavy atom. The molecule has 2 N–H and O–H groups in total. The first-order chi connectivity index (χ1) is 10.2. The number of fused-ring (bicyclic) bond motifs is 1. The average molecular weight is 291 g/mol. The molecular formula is C15H18FN3O2. The molecule has 0 bridgehead atoms. The first-order valence-electron chi connectivity index (χ1n) is 7.25. The lowest BCUT2D eigenvalue weighted by Crippen LogP contribution is -2.44. The number of aliphatic hydroxyl groups excluding tert-OH is 1. The van der Waals surface area contributed by atoms with Gasteiger partial charge in [-0.15, -0.1) is 0 Å². The number of carbonyl (C=O) groups is 1. The van der Waals surface area contributed by atoms with Crippen molar-refractivity contribution in [1.82, 2.24) is 14.9 Å². The number of rotatable bonds is 3. The van der Waals surface area contributed by atoms with Crippen molar-refractivity contribution in [1.29, 1.82) is 0 Å². The monoisotopic (exact) mass is 291 g/mol. The Kier molecular flexibility index (Phi) is 3.88. The van der Waals surface area contributed by atoms with Crippen LogP contribution in [0.5, 0.6) is 0 Å². The minimum absolute atomic E-state index is 0.0218. The van der Waals surface area contributed by atoms with E-state index in [1.807, 2.05) is 0 Å². The van der Waals surface area contributed by atoms with Crippen molar-refractivity contribution in [2.24, 2.45) is 0 Å². The van der Waals surface area contributed by atoms with Crippen LogP contribution in [0.25, 0.3) is 11.0 Å². The van der Waals surface area contributed by atoms with Crippen molar-refractivity contribution < 1.29 is 14.3 Å². The Balaban J connectivity index is 1.97. The summed E-state index contributed by atoms with van der Waals surface area (Å²) < 4.78 is 13.7. The summed E-state index contributed by atoms with van der Waals surface area (Å²) in [7, 11) is 0. The van der Waals surface area contributed by atoms with Gasteiger partial charge < -0.3 is 15.0 Å². The minimum Gasteiger partial charge on any atom is -0.396 e. The number of hydrogen-bond donors (Lipinski definition) is 2. The number of imidazole rings is 1. The molecule has 1 atom stereocenters. The Morgan fingerprint density at radius 1 is 1.48 bits per heavy atom. The number of hydrogen-bond acceptors (Lipinski definition) is 3. The van der Waals surface area contributed by atoms with E-state index >= 15 is 0 Å². The normalized spacial score (nSPS) is 19.1. The van der Waals surface area contributed by atoms with Gasteiger partial charge in [-0.2, -0.15) is 0 Å². The van der Waals surface area contributed by atoms with Gasteiger partial charge in [-0.1, -0.05) is 0 Å². The number of piperidine rings is 1. The maximum atomic E-state index is 13.7. The predicted molar refractivity (Wildman–Crippen MR) is 76.4 cm³/mol. The van der Waals surface area contributed by atoms with E-state index in [0.717, 1.165) is 19.3 Å². The van der Waals surface area contributed by atoms with Crippen LogP contribution in [-0.2, 0) is 0 Å². The highest BCUT2D eigenvalue weighted by Gasteiger charge is 2.28. The molecule has 0 spiro atoms. The van der Waals surface area contributed by atoms with Crippen molar-refractivity contribution in [2.45, 2.75) is 31.7 Å². The quantitative estimate of drug-likeness (QED) is 0.909. The van der Waals surface area contributed by atoms with E-state index in [1.165, 1.54) is 18.5 Å². The lowest BCUT2D eigenvalue weighted by atomic mass is 9.98. The van der Waals surface area contributed by atoms with E-state index in [4.69, 9.17) is 5.11 Å². The standard InChI is InChI=1S/C15H18FN3O2/c16-10-7-12(14-13(8-10)17-9-18-14)15(21)19-5-2-1-3-11(19)4-6-20/h7-9,11,20H,1-6H2,(H,17,18). The molecule has 1 unspecified atom stereocenters. The molecule has 0 saturated carbocycles. The van der Waals surface area contributed by atoms with Crippen LogP contribution in [0.3, 0.4) is 0 Å². The summed E-state index contributed by atoms with van der Waals surface area (Å²) in [6.45, 7) is 0.696. The molecule has 6 heteroatoms. The van der Waals surface area contributed by atoms with Gasteiger partial charge in [-0.3, -0.25) is 4.79 Å². The van der Waals surface area contributed by atoms with Gasteiger partial charge in [0.1, 0.15) is 11.3 Å². The molecular weight excluding hydrogens is 273 g/mol. The summed E-state index contributed by atoms with van der Waals surface area (Å²) in [5.74, 6) is -0.657.